The van der Waals surface area contributed by atoms with Crippen LogP contribution in [0.1, 0.15) is 17.0 Å². The van der Waals surface area contributed by atoms with Crippen molar-refractivity contribution in [1.29, 1.82) is 0 Å². The van der Waals surface area contributed by atoms with Crippen LogP contribution in [0.4, 0.5) is 14.5 Å². The molecule has 0 saturated heterocycles. The van der Waals surface area contributed by atoms with Gasteiger partial charge in [0, 0.05) is 31.0 Å². The molecule has 0 radical (unpaired) electrons. The number of halogens is 3. The minimum atomic E-state index is -0.482. The number of nitrogens with zero attached hydrogens (tertiary/aromatic N) is 1. The third kappa shape index (κ3) is 2.81. The fraction of sp³-hybridized carbons (Fsp3) is 0.286. The highest BCUT2D eigenvalue weighted by Crippen LogP contribution is 2.24. The number of nitrogens with one attached hydrogen (secondary N) is 1. The van der Waals surface area contributed by atoms with Crippen LogP contribution in [0.2, 0.25) is 0 Å². The molecule has 0 bridgehead atoms. The average Bonchev–Trinajstić information content (AvgIpc) is 2.60. The van der Waals surface area contributed by atoms with Gasteiger partial charge in [0.1, 0.15) is 11.6 Å². The topological polar surface area (TPSA) is 17.0 Å². The Morgan fingerprint density at radius 1 is 1.16 bits per heavy atom. The number of hydrogen-bond acceptors (Lipinski definition) is 1. The molecule has 102 valence electrons. The monoisotopic (exact) mass is 328 g/mol. The molecule has 0 spiro atoms. The molecule has 0 amide bonds. The summed E-state index contributed by atoms with van der Waals surface area (Å²) in [6.07, 6.45) is 0. The minimum absolute atomic E-state index is 0.127. The second kappa shape index (κ2) is 5.33. The van der Waals surface area contributed by atoms with Crippen molar-refractivity contribution in [3.63, 3.8) is 0 Å². The van der Waals surface area contributed by atoms with Gasteiger partial charge in [0.15, 0.2) is 0 Å². The first-order chi connectivity index (χ1) is 8.90. The number of rotatable bonds is 3. The van der Waals surface area contributed by atoms with Crippen LogP contribution in [-0.2, 0) is 13.6 Å². The van der Waals surface area contributed by atoms with E-state index in [1.165, 1.54) is 0 Å². The van der Waals surface area contributed by atoms with E-state index in [2.05, 4.69) is 25.8 Å². The van der Waals surface area contributed by atoms with Crippen molar-refractivity contribution in [3.8, 4) is 0 Å². The molecule has 1 N–H and O–H groups in total. The second-order valence-corrected chi connectivity index (χ2v) is 5.41. The van der Waals surface area contributed by atoms with E-state index in [9.17, 15) is 8.78 Å². The van der Waals surface area contributed by atoms with E-state index >= 15 is 0 Å². The Morgan fingerprint density at radius 2 is 1.84 bits per heavy atom. The molecule has 2 rings (SSSR count). The van der Waals surface area contributed by atoms with Gasteiger partial charge in [-0.3, -0.25) is 0 Å². The van der Waals surface area contributed by atoms with Gasteiger partial charge < -0.3 is 9.88 Å². The van der Waals surface area contributed by atoms with Gasteiger partial charge in [-0.15, -0.1) is 0 Å². The van der Waals surface area contributed by atoms with E-state index in [0.717, 1.165) is 29.1 Å². The summed E-state index contributed by atoms with van der Waals surface area (Å²) in [6.45, 7) is 4.48. The van der Waals surface area contributed by atoms with Gasteiger partial charge in [-0.25, -0.2) is 8.78 Å². The zero-order valence-electron chi connectivity index (χ0n) is 11.0. The lowest BCUT2D eigenvalue weighted by molar-refractivity contribution is 0.596. The standard InChI is InChI=1S/C14H15BrF2N2/c1-8-4-10(9(2)19(8)3)7-18-14-6-12(16)11(15)5-13(14)17/h4-6,18H,7H2,1-3H3. The van der Waals surface area contributed by atoms with Crippen LogP contribution in [0.3, 0.4) is 0 Å². The summed E-state index contributed by atoms with van der Waals surface area (Å²) in [5.74, 6) is -0.955. The highest BCUT2D eigenvalue weighted by molar-refractivity contribution is 9.10. The molecular formula is C14H15BrF2N2. The highest BCUT2D eigenvalue weighted by Gasteiger charge is 2.10. The molecule has 0 fully saturated rings. The Hall–Kier alpha value is -1.36. The predicted molar refractivity (Wildman–Crippen MR) is 76.3 cm³/mol. The Labute approximate surface area is 119 Å². The van der Waals surface area contributed by atoms with Crippen molar-refractivity contribution in [2.45, 2.75) is 20.4 Å². The van der Waals surface area contributed by atoms with Crippen molar-refractivity contribution in [3.05, 3.63) is 51.3 Å². The predicted octanol–water partition coefficient (Wildman–Crippen LogP) is 4.29. The van der Waals surface area contributed by atoms with Crippen LogP contribution >= 0.6 is 15.9 Å². The smallest absolute Gasteiger partial charge is 0.147 e. The molecular weight excluding hydrogens is 314 g/mol. The molecule has 5 heteroatoms. The third-order valence-corrected chi connectivity index (χ3v) is 3.97. The van der Waals surface area contributed by atoms with Crippen LogP contribution < -0.4 is 5.32 Å². The largest absolute Gasteiger partial charge is 0.378 e. The van der Waals surface area contributed by atoms with Gasteiger partial charge in [-0.2, -0.15) is 0 Å². The lowest BCUT2D eigenvalue weighted by Gasteiger charge is -2.09. The molecule has 1 heterocycles. The molecule has 2 nitrogen and oxygen atoms in total. The molecule has 1 aromatic carbocycles. The summed E-state index contributed by atoms with van der Waals surface area (Å²) in [7, 11) is 1.98. The van der Waals surface area contributed by atoms with Gasteiger partial charge in [-0.1, -0.05) is 0 Å². The molecule has 0 atom stereocenters. The molecule has 0 aliphatic heterocycles. The maximum absolute atomic E-state index is 13.7. The number of hydrogen-bond donors (Lipinski definition) is 1. The summed E-state index contributed by atoms with van der Waals surface area (Å²) in [5, 5.41) is 2.93. The zero-order chi connectivity index (χ0) is 14.2. The normalized spacial score (nSPS) is 10.8. The van der Waals surface area contributed by atoms with Gasteiger partial charge in [0.05, 0.1) is 10.2 Å². The van der Waals surface area contributed by atoms with Crippen molar-refractivity contribution in [2.75, 3.05) is 5.32 Å². The van der Waals surface area contributed by atoms with Crippen molar-refractivity contribution in [1.82, 2.24) is 4.57 Å². The second-order valence-electron chi connectivity index (χ2n) is 4.56. The molecule has 1 aromatic heterocycles. The maximum atomic E-state index is 13.7. The minimum Gasteiger partial charge on any atom is -0.378 e. The van der Waals surface area contributed by atoms with Crippen molar-refractivity contribution >= 4 is 21.6 Å². The Kier molecular flexibility index (Phi) is 3.94. The van der Waals surface area contributed by atoms with Gasteiger partial charge in [0.25, 0.3) is 0 Å². The number of anilines is 1. The fourth-order valence-electron chi connectivity index (χ4n) is 1.96. The van der Waals surface area contributed by atoms with Crippen LogP contribution in [0, 0.1) is 25.5 Å². The quantitative estimate of drug-likeness (QED) is 0.831. The third-order valence-electron chi connectivity index (χ3n) is 3.36. The molecule has 2 aromatic rings. The van der Waals surface area contributed by atoms with E-state index in [1.807, 2.05) is 27.0 Å². The lowest BCUT2D eigenvalue weighted by Crippen LogP contribution is -2.03. The number of aromatic nitrogens is 1. The van der Waals surface area contributed by atoms with E-state index in [-0.39, 0.29) is 10.2 Å². The van der Waals surface area contributed by atoms with Crippen LogP contribution in [0.5, 0.6) is 0 Å². The Bertz CT molecular complexity index is 620. The Balaban J connectivity index is 2.19. The highest BCUT2D eigenvalue weighted by atomic mass is 79.9. The molecule has 0 saturated carbocycles. The van der Waals surface area contributed by atoms with E-state index in [1.54, 1.807) is 0 Å². The van der Waals surface area contributed by atoms with Crippen LogP contribution in [-0.4, -0.2) is 4.57 Å². The lowest BCUT2D eigenvalue weighted by atomic mass is 10.2. The van der Waals surface area contributed by atoms with Gasteiger partial charge >= 0.3 is 0 Å². The maximum Gasteiger partial charge on any atom is 0.147 e. The molecule has 0 unspecified atom stereocenters. The van der Waals surface area contributed by atoms with Crippen molar-refractivity contribution < 1.29 is 8.78 Å². The average molecular weight is 329 g/mol. The first-order valence-electron chi connectivity index (χ1n) is 5.90. The number of aryl methyl sites for hydroxylation is 1. The number of benzene rings is 1. The summed E-state index contributed by atoms with van der Waals surface area (Å²) >= 11 is 2.95. The summed E-state index contributed by atoms with van der Waals surface area (Å²) in [5.41, 5.74) is 3.49. The van der Waals surface area contributed by atoms with Gasteiger partial charge in [-0.05, 0) is 47.5 Å². The molecule has 19 heavy (non-hydrogen) atoms. The summed E-state index contributed by atoms with van der Waals surface area (Å²) in [6, 6.07) is 4.32. The Morgan fingerprint density at radius 3 is 2.42 bits per heavy atom. The summed E-state index contributed by atoms with van der Waals surface area (Å²) in [4.78, 5) is 0. The first-order valence-corrected chi connectivity index (χ1v) is 6.69. The SMILES string of the molecule is Cc1cc(CNc2cc(F)c(Br)cc2F)c(C)n1C. The van der Waals surface area contributed by atoms with E-state index in [0.29, 0.717) is 6.54 Å². The summed E-state index contributed by atoms with van der Waals surface area (Å²) < 4.78 is 29.2. The first kappa shape index (κ1) is 14.1. The van der Waals surface area contributed by atoms with Crippen LogP contribution in [0.15, 0.2) is 22.7 Å². The molecule has 0 aliphatic rings. The van der Waals surface area contributed by atoms with E-state index < -0.39 is 11.6 Å². The fourth-order valence-corrected chi connectivity index (χ4v) is 2.28. The zero-order valence-corrected chi connectivity index (χ0v) is 12.6. The van der Waals surface area contributed by atoms with Crippen molar-refractivity contribution in [2.24, 2.45) is 7.05 Å². The molecule has 0 aliphatic carbocycles. The van der Waals surface area contributed by atoms with E-state index in [4.69, 9.17) is 0 Å². The van der Waals surface area contributed by atoms with Crippen LogP contribution in [0.25, 0.3) is 0 Å². The van der Waals surface area contributed by atoms with Gasteiger partial charge in [0.2, 0.25) is 0 Å².